The van der Waals surface area contributed by atoms with Crippen LogP contribution >= 0.6 is 0 Å². The van der Waals surface area contributed by atoms with Crippen LogP contribution in [0.2, 0.25) is 0 Å². The van der Waals surface area contributed by atoms with Gasteiger partial charge in [0.1, 0.15) is 5.69 Å². The first kappa shape index (κ1) is 13.1. The van der Waals surface area contributed by atoms with Gasteiger partial charge in [-0.1, -0.05) is 0 Å². The van der Waals surface area contributed by atoms with Crippen molar-refractivity contribution in [2.75, 3.05) is 19.7 Å². The van der Waals surface area contributed by atoms with Crippen LogP contribution in [0.15, 0.2) is 6.07 Å². The van der Waals surface area contributed by atoms with Crippen molar-refractivity contribution < 1.29 is 9.90 Å². The van der Waals surface area contributed by atoms with E-state index in [1.165, 1.54) is 0 Å². The highest BCUT2D eigenvalue weighted by molar-refractivity contribution is 5.92. The van der Waals surface area contributed by atoms with Gasteiger partial charge in [0.25, 0.3) is 5.91 Å². The maximum atomic E-state index is 12.4. The molecule has 1 fully saturated rings. The fraction of sp³-hybridized carbons (Fsp3) is 0.692. The molecule has 1 amide bonds. The lowest BCUT2D eigenvalue weighted by Gasteiger charge is -2.32. The van der Waals surface area contributed by atoms with Crippen LogP contribution in [-0.2, 0) is 7.05 Å². The van der Waals surface area contributed by atoms with E-state index in [0.717, 1.165) is 38.0 Å². The number of aliphatic hydroxyl groups excluding tert-OH is 1. The average molecular weight is 251 g/mol. The van der Waals surface area contributed by atoms with Crippen LogP contribution in [0.4, 0.5) is 0 Å². The molecule has 5 nitrogen and oxygen atoms in total. The SMILES string of the molecule is Cc1cc(C(=O)N2CCCC(CCO)C2)n(C)n1. The van der Waals surface area contributed by atoms with Gasteiger partial charge in [0.2, 0.25) is 0 Å². The number of carbonyl (C=O) groups is 1. The summed E-state index contributed by atoms with van der Waals surface area (Å²) in [5.74, 6) is 0.489. The van der Waals surface area contributed by atoms with Gasteiger partial charge in [-0.05, 0) is 38.2 Å². The molecule has 18 heavy (non-hydrogen) atoms. The van der Waals surface area contributed by atoms with E-state index in [-0.39, 0.29) is 12.5 Å². The summed E-state index contributed by atoms with van der Waals surface area (Å²) in [5, 5.41) is 13.2. The summed E-state index contributed by atoms with van der Waals surface area (Å²) in [6.07, 6.45) is 2.91. The maximum Gasteiger partial charge on any atom is 0.272 e. The van der Waals surface area contributed by atoms with Gasteiger partial charge in [-0.25, -0.2) is 0 Å². The van der Waals surface area contributed by atoms with E-state index in [0.29, 0.717) is 11.6 Å². The van der Waals surface area contributed by atoms with E-state index in [1.54, 1.807) is 11.7 Å². The lowest BCUT2D eigenvalue weighted by Crippen LogP contribution is -2.40. The Balaban J connectivity index is 2.06. The third kappa shape index (κ3) is 2.72. The summed E-state index contributed by atoms with van der Waals surface area (Å²) < 4.78 is 1.65. The molecule has 0 spiro atoms. The molecule has 0 bridgehead atoms. The second-order valence-corrected chi connectivity index (χ2v) is 5.07. The Kier molecular flexibility index (Phi) is 4.01. The molecular formula is C13H21N3O2. The molecule has 1 aliphatic rings. The van der Waals surface area contributed by atoms with Gasteiger partial charge < -0.3 is 10.0 Å². The molecule has 5 heteroatoms. The minimum atomic E-state index is 0.0562. The molecule has 0 aromatic carbocycles. The van der Waals surface area contributed by atoms with Gasteiger partial charge in [0, 0.05) is 26.7 Å². The maximum absolute atomic E-state index is 12.4. The zero-order valence-corrected chi connectivity index (χ0v) is 11.1. The quantitative estimate of drug-likeness (QED) is 0.870. The first-order chi connectivity index (χ1) is 8.61. The van der Waals surface area contributed by atoms with E-state index >= 15 is 0 Å². The molecule has 1 aliphatic heterocycles. The predicted octanol–water partition coefficient (Wildman–Crippen LogP) is 0.963. The highest BCUT2D eigenvalue weighted by Gasteiger charge is 2.25. The Morgan fingerprint density at radius 3 is 3.00 bits per heavy atom. The van der Waals surface area contributed by atoms with Crippen LogP contribution in [0.25, 0.3) is 0 Å². The van der Waals surface area contributed by atoms with Crippen molar-refractivity contribution in [2.45, 2.75) is 26.2 Å². The average Bonchev–Trinajstić information content (AvgIpc) is 2.68. The lowest BCUT2D eigenvalue weighted by molar-refractivity contribution is 0.0642. The van der Waals surface area contributed by atoms with Crippen LogP contribution in [-0.4, -0.2) is 45.4 Å². The molecule has 1 N–H and O–H groups in total. The van der Waals surface area contributed by atoms with Crippen molar-refractivity contribution in [3.05, 3.63) is 17.5 Å². The topological polar surface area (TPSA) is 58.4 Å². The Hall–Kier alpha value is -1.36. The molecule has 1 atom stereocenters. The summed E-state index contributed by atoms with van der Waals surface area (Å²) in [5.41, 5.74) is 1.52. The molecule has 1 aromatic rings. The van der Waals surface area contributed by atoms with Crippen molar-refractivity contribution in [3.8, 4) is 0 Å². The van der Waals surface area contributed by atoms with Gasteiger partial charge in [-0.3, -0.25) is 9.48 Å². The second kappa shape index (κ2) is 5.52. The third-order valence-corrected chi connectivity index (χ3v) is 3.56. The van der Waals surface area contributed by atoms with Gasteiger partial charge in [-0.2, -0.15) is 5.10 Å². The van der Waals surface area contributed by atoms with E-state index in [4.69, 9.17) is 5.11 Å². The largest absolute Gasteiger partial charge is 0.396 e. The van der Waals surface area contributed by atoms with Gasteiger partial charge in [-0.15, -0.1) is 0 Å². The van der Waals surface area contributed by atoms with Gasteiger partial charge in [0.05, 0.1) is 5.69 Å². The molecule has 0 radical (unpaired) electrons. The summed E-state index contributed by atoms with van der Waals surface area (Å²) in [7, 11) is 1.80. The molecule has 100 valence electrons. The fourth-order valence-corrected chi connectivity index (χ4v) is 2.64. The number of amides is 1. The first-order valence-electron chi connectivity index (χ1n) is 6.52. The number of aryl methyl sites for hydroxylation is 2. The highest BCUT2D eigenvalue weighted by atomic mass is 16.3. The van der Waals surface area contributed by atoms with Crippen molar-refractivity contribution in [1.29, 1.82) is 0 Å². The van der Waals surface area contributed by atoms with Crippen LogP contribution < -0.4 is 0 Å². The van der Waals surface area contributed by atoms with Crippen LogP contribution in [0.3, 0.4) is 0 Å². The van der Waals surface area contributed by atoms with E-state index in [1.807, 2.05) is 17.9 Å². The standard InChI is InChI=1S/C13H21N3O2/c1-10-8-12(15(2)14-10)13(18)16-6-3-4-11(9-16)5-7-17/h8,11,17H,3-7,9H2,1-2H3. The number of likely N-dealkylation sites (tertiary alicyclic amines) is 1. The van der Waals surface area contributed by atoms with Crippen molar-refractivity contribution in [3.63, 3.8) is 0 Å². The number of rotatable bonds is 3. The molecular weight excluding hydrogens is 230 g/mol. The molecule has 1 unspecified atom stereocenters. The zero-order chi connectivity index (χ0) is 13.1. The molecule has 0 saturated carbocycles. The van der Waals surface area contributed by atoms with Crippen molar-refractivity contribution >= 4 is 5.91 Å². The number of aliphatic hydroxyl groups is 1. The van der Waals surface area contributed by atoms with Gasteiger partial charge in [0.15, 0.2) is 0 Å². The third-order valence-electron chi connectivity index (χ3n) is 3.56. The van der Waals surface area contributed by atoms with Crippen molar-refractivity contribution in [2.24, 2.45) is 13.0 Å². The Bertz CT molecular complexity index is 426. The number of nitrogens with zero attached hydrogens (tertiary/aromatic N) is 3. The highest BCUT2D eigenvalue weighted by Crippen LogP contribution is 2.21. The van der Waals surface area contributed by atoms with Crippen LogP contribution in [0.1, 0.15) is 35.4 Å². The zero-order valence-electron chi connectivity index (χ0n) is 11.1. The Morgan fingerprint density at radius 1 is 1.61 bits per heavy atom. The number of carbonyl (C=O) groups excluding carboxylic acids is 1. The minimum absolute atomic E-state index is 0.0562. The first-order valence-corrected chi connectivity index (χ1v) is 6.52. The minimum Gasteiger partial charge on any atom is -0.396 e. The van der Waals surface area contributed by atoms with Gasteiger partial charge >= 0.3 is 0 Å². The number of hydrogen-bond donors (Lipinski definition) is 1. The fourth-order valence-electron chi connectivity index (χ4n) is 2.64. The lowest BCUT2D eigenvalue weighted by atomic mass is 9.95. The monoisotopic (exact) mass is 251 g/mol. The van der Waals surface area contributed by atoms with Crippen molar-refractivity contribution in [1.82, 2.24) is 14.7 Å². The molecule has 1 aromatic heterocycles. The van der Waals surface area contributed by atoms with E-state index < -0.39 is 0 Å². The predicted molar refractivity (Wildman–Crippen MR) is 68.3 cm³/mol. The molecule has 1 saturated heterocycles. The van der Waals surface area contributed by atoms with Crippen LogP contribution in [0, 0.1) is 12.8 Å². The number of aromatic nitrogens is 2. The normalized spacial score (nSPS) is 20.2. The second-order valence-electron chi connectivity index (χ2n) is 5.07. The van der Waals surface area contributed by atoms with E-state index in [2.05, 4.69) is 5.10 Å². The molecule has 0 aliphatic carbocycles. The number of hydrogen-bond acceptors (Lipinski definition) is 3. The summed E-state index contributed by atoms with van der Waals surface area (Å²) in [6.45, 7) is 3.66. The summed E-state index contributed by atoms with van der Waals surface area (Å²) in [4.78, 5) is 14.3. The summed E-state index contributed by atoms with van der Waals surface area (Å²) >= 11 is 0. The number of piperidine rings is 1. The molecule has 2 rings (SSSR count). The Morgan fingerprint density at radius 2 is 2.39 bits per heavy atom. The van der Waals surface area contributed by atoms with Crippen LogP contribution in [0.5, 0.6) is 0 Å². The summed E-state index contributed by atoms with van der Waals surface area (Å²) in [6, 6.07) is 1.83. The smallest absolute Gasteiger partial charge is 0.272 e. The molecule has 2 heterocycles. The van der Waals surface area contributed by atoms with E-state index in [9.17, 15) is 4.79 Å². The Labute approximate surface area is 107 Å².